The molecule has 2 aliphatic rings. The van der Waals surface area contributed by atoms with E-state index in [1.54, 1.807) is 11.4 Å². The van der Waals surface area contributed by atoms with Gasteiger partial charge < -0.3 is 10.1 Å². The zero-order valence-electron chi connectivity index (χ0n) is 9.68. The number of methoxy groups -OCH3 is 1. The summed E-state index contributed by atoms with van der Waals surface area (Å²) in [6, 6.07) is 0. The average molecular weight is 248 g/mol. The predicted octanol–water partition coefficient (Wildman–Crippen LogP) is -0.354. The number of rotatable bonds is 3. The van der Waals surface area contributed by atoms with Gasteiger partial charge in [-0.15, -0.1) is 0 Å². The fourth-order valence-electron chi connectivity index (χ4n) is 2.65. The molecule has 0 aromatic heterocycles. The number of sulfonamides is 1. The number of hydrogen-bond donors (Lipinski definition) is 1. The van der Waals surface area contributed by atoms with Crippen LogP contribution in [0.25, 0.3) is 0 Å². The van der Waals surface area contributed by atoms with E-state index < -0.39 is 10.0 Å². The van der Waals surface area contributed by atoms with E-state index in [4.69, 9.17) is 4.74 Å². The highest BCUT2D eigenvalue weighted by Crippen LogP contribution is 2.32. The van der Waals surface area contributed by atoms with E-state index in [0.717, 1.165) is 25.9 Å². The largest absolute Gasteiger partial charge is 0.383 e. The summed E-state index contributed by atoms with van der Waals surface area (Å²) in [5.41, 5.74) is 0. The summed E-state index contributed by atoms with van der Waals surface area (Å²) in [6.07, 6.45) is 1.71. The van der Waals surface area contributed by atoms with Crippen LogP contribution in [0.15, 0.2) is 0 Å². The molecule has 5 nitrogen and oxygen atoms in total. The molecular formula is C10H20N2O3S. The van der Waals surface area contributed by atoms with E-state index in [2.05, 4.69) is 5.32 Å². The fraction of sp³-hybridized carbons (Fsp3) is 1.00. The quantitative estimate of drug-likeness (QED) is 0.741. The average Bonchev–Trinajstić information content (AvgIpc) is 2.46. The molecule has 2 saturated heterocycles. The van der Waals surface area contributed by atoms with Gasteiger partial charge in [-0.3, -0.25) is 0 Å². The summed E-state index contributed by atoms with van der Waals surface area (Å²) in [5, 5.41) is 3.10. The smallest absolute Gasteiger partial charge is 0.217 e. The van der Waals surface area contributed by atoms with Gasteiger partial charge in [0, 0.05) is 20.2 Å². The van der Waals surface area contributed by atoms with E-state index in [0.29, 0.717) is 25.6 Å². The summed E-state index contributed by atoms with van der Waals surface area (Å²) in [5.74, 6) is 0.303. The zero-order chi connectivity index (χ0) is 11.6. The van der Waals surface area contributed by atoms with Crippen molar-refractivity contribution in [2.24, 2.45) is 5.92 Å². The third kappa shape index (κ3) is 2.25. The van der Waals surface area contributed by atoms with Crippen LogP contribution >= 0.6 is 0 Å². The molecule has 0 bridgehead atoms. The normalized spacial score (nSPS) is 34.6. The molecule has 0 radical (unpaired) electrons. The minimum absolute atomic E-state index is 0.167. The molecule has 0 spiro atoms. The molecule has 2 fully saturated rings. The van der Waals surface area contributed by atoms with E-state index in [-0.39, 0.29) is 5.25 Å². The molecule has 0 aliphatic carbocycles. The van der Waals surface area contributed by atoms with Crippen molar-refractivity contribution in [2.45, 2.75) is 18.1 Å². The van der Waals surface area contributed by atoms with Crippen LogP contribution in [0, 0.1) is 5.92 Å². The number of nitrogens with one attached hydrogen (secondary N) is 1. The topological polar surface area (TPSA) is 58.6 Å². The van der Waals surface area contributed by atoms with Crippen LogP contribution in [0.1, 0.15) is 12.8 Å². The Bertz CT molecular complexity index is 331. The van der Waals surface area contributed by atoms with Crippen molar-refractivity contribution in [3.05, 3.63) is 0 Å². The van der Waals surface area contributed by atoms with Gasteiger partial charge in [0.05, 0.1) is 11.9 Å². The maximum Gasteiger partial charge on any atom is 0.217 e. The maximum absolute atomic E-state index is 12.2. The Morgan fingerprint density at radius 1 is 1.38 bits per heavy atom. The molecule has 2 aliphatic heterocycles. The lowest BCUT2D eigenvalue weighted by Crippen LogP contribution is -2.33. The van der Waals surface area contributed by atoms with E-state index in [1.165, 1.54) is 0 Å². The van der Waals surface area contributed by atoms with Crippen LogP contribution in [0.5, 0.6) is 0 Å². The van der Waals surface area contributed by atoms with Crippen molar-refractivity contribution in [3.8, 4) is 0 Å². The summed E-state index contributed by atoms with van der Waals surface area (Å²) in [6.45, 7) is 3.42. The second-order valence-electron chi connectivity index (χ2n) is 4.52. The maximum atomic E-state index is 12.2. The van der Waals surface area contributed by atoms with E-state index >= 15 is 0 Å². The van der Waals surface area contributed by atoms with Crippen LogP contribution in [0.4, 0.5) is 0 Å². The monoisotopic (exact) mass is 248 g/mol. The molecule has 6 heteroatoms. The molecule has 2 heterocycles. The lowest BCUT2D eigenvalue weighted by atomic mass is 10.0. The first-order valence-electron chi connectivity index (χ1n) is 5.85. The minimum atomic E-state index is -3.07. The van der Waals surface area contributed by atoms with Crippen molar-refractivity contribution < 1.29 is 13.2 Å². The molecule has 0 saturated carbocycles. The van der Waals surface area contributed by atoms with Crippen LogP contribution in [-0.4, -0.2) is 57.9 Å². The lowest BCUT2D eigenvalue weighted by Gasteiger charge is -2.16. The third-order valence-corrected chi connectivity index (χ3v) is 5.99. The number of ether oxygens (including phenoxy) is 1. The molecule has 0 aromatic carbocycles. The standard InChI is InChI=1S/C10H20N2O3S/c1-15-7-6-12-8-9-2-4-11-5-3-10(9)16(12,13)14/h9-11H,2-8H2,1H3/t9-,10-/m0/s1. The van der Waals surface area contributed by atoms with Crippen molar-refractivity contribution in [2.75, 3.05) is 39.9 Å². The summed E-state index contributed by atoms with van der Waals surface area (Å²) < 4.78 is 31.0. The van der Waals surface area contributed by atoms with Crippen molar-refractivity contribution in [1.29, 1.82) is 0 Å². The summed E-state index contributed by atoms with van der Waals surface area (Å²) in [4.78, 5) is 0. The van der Waals surface area contributed by atoms with E-state index in [1.807, 2.05) is 0 Å². The SMILES string of the molecule is COCCN1C[C@@H]2CCNCC[C@@H]2S1(=O)=O. The highest BCUT2D eigenvalue weighted by molar-refractivity contribution is 7.90. The van der Waals surface area contributed by atoms with Crippen LogP contribution < -0.4 is 5.32 Å². The van der Waals surface area contributed by atoms with Gasteiger partial charge >= 0.3 is 0 Å². The Hall–Kier alpha value is -0.170. The molecule has 0 unspecified atom stereocenters. The first-order chi connectivity index (χ1) is 7.66. The van der Waals surface area contributed by atoms with Gasteiger partial charge in [-0.25, -0.2) is 8.42 Å². The molecular weight excluding hydrogens is 228 g/mol. The Labute approximate surface area is 97.2 Å². The second kappa shape index (κ2) is 5.00. The Morgan fingerprint density at radius 2 is 2.12 bits per heavy atom. The molecule has 2 rings (SSSR count). The summed E-state index contributed by atoms with van der Waals surface area (Å²) >= 11 is 0. The molecule has 0 amide bonds. The van der Waals surface area contributed by atoms with Gasteiger partial charge in [-0.05, 0) is 31.8 Å². The van der Waals surface area contributed by atoms with Gasteiger partial charge in [-0.1, -0.05) is 0 Å². The second-order valence-corrected chi connectivity index (χ2v) is 6.67. The highest BCUT2D eigenvalue weighted by atomic mass is 32.2. The molecule has 2 atom stereocenters. The molecule has 16 heavy (non-hydrogen) atoms. The van der Waals surface area contributed by atoms with Gasteiger partial charge in [-0.2, -0.15) is 4.31 Å². The lowest BCUT2D eigenvalue weighted by molar-refractivity contribution is 0.178. The van der Waals surface area contributed by atoms with Gasteiger partial charge in [0.2, 0.25) is 10.0 Å². The number of hydrogen-bond acceptors (Lipinski definition) is 4. The summed E-state index contributed by atoms with van der Waals surface area (Å²) in [7, 11) is -1.47. The van der Waals surface area contributed by atoms with Crippen molar-refractivity contribution in [3.63, 3.8) is 0 Å². The highest BCUT2D eigenvalue weighted by Gasteiger charge is 2.45. The van der Waals surface area contributed by atoms with Gasteiger partial charge in [0.15, 0.2) is 0 Å². The molecule has 1 N–H and O–H groups in total. The first kappa shape index (κ1) is 12.3. The third-order valence-electron chi connectivity index (χ3n) is 3.55. The van der Waals surface area contributed by atoms with Crippen molar-refractivity contribution in [1.82, 2.24) is 9.62 Å². The zero-order valence-corrected chi connectivity index (χ0v) is 10.5. The number of fused-ring (bicyclic) bond motifs is 1. The Balaban J connectivity index is 2.09. The molecule has 0 aromatic rings. The minimum Gasteiger partial charge on any atom is -0.383 e. The van der Waals surface area contributed by atoms with Gasteiger partial charge in [0.25, 0.3) is 0 Å². The Morgan fingerprint density at radius 3 is 2.88 bits per heavy atom. The molecule has 94 valence electrons. The van der Waals surface area contributed by atoms with Crippen LogP contribution in [-0.2, 0) is 14.8 Å². The first-order valence-corrected chi connectivity index (χ1v) is 7.35. The van der Waals surface area contributed by atoms with Crippen molar-refractivity contribution >= 4 is 10.0 Å². The van der Waals surface area contributed by atoms with Crippen LogP contribution in [0.2, 0.25) is 0 Å². The van der Waals surface area contributed by atoms with Gasteiger partial charge in [0.1, 0.15) is 0 Å². The number of nitrogens with zero attached hydrogens (tertiary/aromatic N) is 1. The predicted molar refractivity (Wildman–Crippen MR) is 61.8 cm³/mol. The van der Waals surface area contributed by atoms with Crippen LogP contribution in [0.3, 0.4) is 0 Å². The Kier molecular flexibility index (Phi) is 3.84. The van der Waals surface area contributed by atoms with E-state index in [9.17, 15) is 8.42 Å². The fourth-order valence-corrected chi connectivity index (χ4v) is 4.88.